The molecule has 86 valence electrons. The monoisotopic (exact) mass is 207 g/mol. The van der Waals surface area contributed by atoms with Gasteiger partial charge in [-0.05, 0) is 81.5 Å². The van der Waals surface area contributed by atoms with Crippen molar-refractivity contribution >= 4 is 0 Å². The Morgan fingerprint density at radius 2 is 1.53 bits per heavy atom. The zero-order valence-corrected chi connectivity index (χ0v) is 10.0. The molecule has 0 aromatic rings. The van der Waals surface area contributed by atoms with Crippen molar-refractivity contribution in [2.24, 2.45) is 28.9 Å². The molecule has 15 heavy (non-hydrogen) atoms. The van der Waals surface area contributed by atoms with E-state index in [4.69, 9.17) is 5.73 Å². The Kier molecular flexibility index (Phi) is 2.35. The Hall–Kier alpha value is -0.0400. The maximum Gasteiger partial charge on any atom is 0.00106 e. The fourth-order valence-electron chi connectivity index (χ4n) is 5.13. The van der Waals surface area contributed by atoms with Gasteiger partial charge in [-0.1, -0.05) is 0 Å². The maximum atomic E-state index is 5.92. The third kappa shape index (κ3) is 1.84. The van der Waals surface area contributed by atoms with Crippen LogP contribution in [0, 0.1) is 23.2 Å². The van der Waals surface area contributed by atoms with Crippen LogP contribution in [-0.4, -0.2) is 6.04 Å². The van der Waals surface area contributed by atoms with Crippen molar-refractivity contribution in [3.8, 4) is 0 Å². The van der Waals surface area contributed by atoms with Gasteiger partial charge in [0.1, 0.15) is 0 Å². The zero-order chi connectivity index (χ0) is 10.5. The Morgan fingerprint density at radius 1 is 1.07 bits per heavy atom. The van der Waals surface area contributed by atoms with Crippen molar-refractivity contribution in [2.75, 3.05) is 0 Å². The summed E-state index contributed by atoms with van der Waals surface area (Å²) >= 11 is 0. The SMILES string of the molecule is C[C@H](N)CCC12CC3CC(CC(C3)C1)C2. The average molecular weight is 207 g/mol. The lowest BCUT2D eigenvalue weighted by atomic mass is 9.48. The second-order valence-electron chi connectivity index (χ2n) is 6.93. The highest BCUT2D eigenvalue weighted by Crippen LogP contribution is 2.61. The van der Waals surface area contributed by atoms with Crippen molar-refractivity contribution in [1.29, 1.82) is 0 Å². The summed E-state index contributed by atoms with van der Waals surface area (Å²) < 4.78 is 0. The molecule has 1 atom stereocenters. The van der Waals surface area contributed by atoms with E-state index in [-0.39, 0.29) is 0 Å². The quantitative estimate of drug-likeness (QED) is 0.754. The Bertz CT molecular complexity index is 208. The predicted molar refractivity (Wildman–Crippen MR) is 63.5 cm³/mol. The predicted octanol–water partition coefficient (Wildman–Crippen LogP) is 3.33. The maximum absolute atomic E-state index is 5.92. The van der Waals surface area contributed by atoms with Gasteiger partial charge in [-0.2, -0.15) is 0 Å². The van der Waals surface area contributed by atoms with Gasteiger partial charge in [-0.3, -0.25) is 0 Å². The van der Waals surface area contributed by atoms with Crippen LogP contribution in [0.4, 0.5) is 0 Å². The second-order valence-corrected chi connectivity index (χ2v) is 6.93. The molecular formula is C14H25N. The summed E-state index contributed by atoms with van der Waals surface area (Å²) in [7, 11) is 0. The van der Waals surface area contributed by atoms with E-state index in [0.29, 0.717) is 6.04 Å². The largest absolute Gasteiger partial charge is 0.328 e. The van der Waals surface area contributed by atoms with E-state index in [1.54, 1.807) is 38.5 Å². The molecule has 4 saturated carbocycles. The Balaban J connectivity index is 1.70. The van der Waals surface area contributed by atoms with Crippen LogP contribution >= 0.6 is 0 Å². The van der Waals surface area contributed by atoms with Crippen molar-refractivity contribution in [3.63, 3.8) is 0 Å². The molecule has 0 heterocycles. The Labute approximate surface area is 93.8 Å². The van der Waals surface area contributed by atoms with Crippen LogP contribution in [0.5, 0.6) is 0 Å². The molecule has 0 amide bonds. The highest BCUT2D eigenvalue weighted by molar-refractivity contribution is 5.01. The molecule has 0 saturated heterocycles. The van der Waals surface area contributed by atoms with Gasteiger partial charge in [0.15, 0.2) is 0 Å². The lowest BCUT2D eigenvalue weighted by Crippen LogP contribution is -2.46. The van der Waals surface area contributed by atoms with Gasteiger partial charge < -0.3 is 5.73 Å². The minimum atomic E-state index is 0.415. The highest BCUT2D eigenvalue weighted by atomic mass is 14.6. The zero-order valence-electron chi connectivity index (χ0n) is 10.0. The molecule has 0 aliphatic heterocycles. The van der Waals surface area contributed by atoms with Gasteiger partial charge in [-0.25, -0.2) is 0 Å². The second kappa shape index (κ2) is 3.48. The number of nitrogens with two attached hydrogens (primary N) is 1. The molecule has 0 radical (unpaired) electrons. The molecule has 4 fully saturated rings. The molecule has 4 aliphatic carbocycles. The minimum absolute atomic E-state index is 0.415. The number of hydrogen-bond donors (Lipinski definition) is 1. The molecule has 4 rings (SSSR count). The molecular weight excluding hydrogens is 182 g/mol. The molecule has 0 aromatic carbocycles. The highest BCUT2D eigenvalue weighted by Gasteiger charge is 2.50. The van der Waals surface area contributed by atoms with E-state index in [1.807, 2.05) is 0 Å². The molecule has 0 unspecified atom stereocenters. The van der Waals surface area contributed by atoms with Gasteiger partial charge in [0.2, 0.25) is 0 Å². The van der Waals surface area contributed by atoms with E-state index < -0.39 is 0 Å². The summed E-state index contributed by atoms with van der Waals surface area (Å²) in [6.07, 6.45) is 12.0. The summed E-state index contributed by atoms with van der Waals surface area (Å²) in [6.45, 7) is 2.17. The topological polar surface area (TPSA) is 26.0 Å². The lowest BCUT2D eigenvalue weighted by molar-refractivity contribution is -0.0586. The van der Waals surface area contributed by atoms with Crippen molar-refractivity contribution in [1.82, 2.24) is 0 Å². The van der Waals surface area contributed by atoms with Crippen LogP contribution in [0.25, 0.3) is 0 Å². The first-order valence-corrected chi connectivity index (χ1v) is 6.91. The fourth-order valence-corrected chi connectivity index (χ4v) is 5.13. The third-order valence-corrected chi connectivity index (χ3v) is 5.30. The molecule has 2 N–H and O–H groups in total. The van der Waals surface area contributed by atoms with Gasteiger partial charge >= 0.3 is 0 Å². The van der Waals surface area contributed by atoms with Crippen LogP contribution in [0.3, 0.4) is 0 Å². The third-order valence-electron chi connectivity index (χ3n) is 5.30. The van der Waals surface area contributed by atoms with E-state index in [1.165, 1.54) is 12.8 Å². The summed E-state index contributed by atoms with van der Waals surface area (Å²) in [4.78, 5) is 0. The van der Waals surface area contributed by atoms with Gasteiger partial charge in [-0.15, -0.1) is 0 Å². The first-order valence-electron chi connectivity index (χ1n) is 6.91. The molecule has 1 nitrogen and oxygen atoms in total. The molecule has 0 spiro atoms. The number of hydrogen-bond acceptors (Lipinski definition) is 1. The van der Waals surface area contributed by atoms with Gasteiger partial charge in [0.05, 0.1) is 0 Å². The van der Waals surface area contributed by atoms with Crippen LogP contribution in [0.1, 0.15) is 58.3 Å². The summed E-state index contributed by atoms with van der Waals surface area (Å²) in [5, 5.41) is 0. The minimum Gasteiger partial charge on any atom is -0.328 e. The first kappa shape index (κ1) is 10.1. The summed E-state index contributed by atoms with van der Waals surface area (Å²) in [5.41, 5.74) is 6.67. The smallest absolute Gasteiger partial charge is 0.00106 e. The van der Waals surface area contributed by atoms with E-state index in [9.17, 15) is 0 Å². The average Bonchev–Trinajstić information content (AvgIpc) is 2.12. The van der Waals surface area contributed by atoms with Crippen molar-refractivity contribution < 1.29 is 0 Å². The van der Waals surface area contributed by atoms with Gasteiger partial charge in [0, 0.05) is 6.04 Å². The molecule has 4 bridgehead atoms. The van der Waals surface area contributed by atoms with Crippen LogP contribution in [0.2, 0.25) is 0 Å². The summed E-state index contributed by atoms with van der Waals surface area (Å²) in [5.74, 6) is 3.30. The van der Waals surface area contributed by atoms with E-state index >= 15 is 0 Å². The van der Waals surface area contributed by atoms with Crippen LogP contribution < -0.4 is 5.73 Å². The van der Waals surface area contributed by atoms with Crippen LogP contribution in [-0.2, 0) is 0 Å². The standard InChI is InChI=1S/C14H25N/c1-10(15)2-3-14-7-11-4-12(8-14)6-13(5-11)9-14/h10-13H,2-9,15H2,1H3/t10-,11?,12?,13?,14?/m0/s1. The summed E-state index contributed by atoms with van der Waals surface area (Å²) in [6, 6.07) is 0.415. The van der Waals surface area contributed by atoms with Crippen molar-refractivity contribution in [3.05, 3.63) is 0 Å². The molecule has 4 aliphatic rings. The van der Waals surface area contributed by atoms with Gasteiger partial charge in [0.25, 0.3) is 0 Å². The van der Waals surface area contributed by atoms with E-state index in [0.717, 1.165) is 23.2 Å². The van der Waals surface area contributed by atoms with E-state index in [2.05, 4.69) is 6.92 Å². The fraction of sp³-hybridized carbons (Fsp3) is 1.00. The normalized spacial score (nSPS) is 49.6. The van der Waals surface area contributed by atoms with Crippen LogP contribution in [0.15, 0.2) is 0 Å². The number of rotatable bonds is 3. The first-order chi connectivity index (χ1) is 7.15. The van der Waals surface area contributed by atoms with Crippen molar-refractivity contribution in [2.45, 2.75) is 64.3 Å². The Morgan fingerprint density at radius 3 is 1.93 bits per heavy atom. The molecule has 0 aromatic heterocycles. The molecule has 1 heteroatoms. The lowest BCUT2D eigenvalue weighted by Gasteiger charge is -2.57.